The van der Waals surface area contributed by atoms with E-state index in [1.807, 2.05) is 24.3 Å². The van der Waals surface area contributed by atoms with Crippen molar-refractivity contribution in [2.75, 3.05) is 25.0 Å². The Kier molecular flexibility index (Phi) is 5.36. The van der Waals surface area contributed by atoms with Crippen molar-refractivity contribution >= 4 is 17.9 Å². The van der Waals surface area contributed by atoms with Crippen LogP contribution in [0.2, 0.25) is 0 Å². The van der Waals surface area contributed by atoms with Gasteiger partial charge < -0.3 is 19.7 Å². The van der Waals surface area contributed by atoms with Crippen LogP contribution in [0.3, 0.4) is 0 Å². The largest absolute Gasteiger partial charge is 0.476 e. The number of fused-ring (bicyclic) bond motifs is 3. The second kappa shape index (κ2) is 8.47. The number of carbonyl (C=O) groups is 2. The van der Waals surface area contributed by atoms with Gasteiger partial charge >= 0.3 is 12.1 Å². The molecule has 8 nitrogen and oxygen atoms in total. The van der Waals surface area contributed by atoms with E-state index in [2.05, 4.69) is 39.9 Å². The van der Waals surface area contributed by atoms with E-state index < -0.39 is 12.1 Å². The number of ether oxygens (including phenoxy) is 1. The molecular weight excluding hydrogens is 408 g/mol. The summed E-state index contributed by atoms with van der Waals surface area (Å²) in [4.78, 5) is 28.4. The molecule has 2 heterocycles. The maximum absolute atomic E-state index is 12.7. The van der Waals surface area contributed by atoms with Crippen LogP contribution in [0.4, 0.5) is 10.6 Å². The van der Waals surface area contributed by atoms with Gasteiger partial charge in [0.1, 0.15) is 6.61 Å². The molecule has 164 valence electrons. The van der Waals surface area contributed by atoms with Gasteiger partial charge in [0.15, 0.2) is 11.5 Å². The van der Waals surface area contributed by atoms with Gasteiger partial charge in [-0.15, -0.1) is 0 Å². The lowest BCUT2D eigenvalue weighted by Crippen LogP contribution is -2.30. The van der Waals surface area contributed by atoms with Crippen LogP contribution in [0.5, 0.6) is 0 Å². The number of benzene rings is 2. The minimum absolute atomic E-state index is 0.0681. The minimum Gasteiger partial charge on any atom is -0.476 e. The highest BCUT2D eigenvalue weighted by atomic mass is 16.5. The molecule has 1 amide bonds. The maximum Gasteiger partial charge on any atom is 0.412 e. The third-order valence-electron chi connectivity index (χ3n) is 6.26. The van der Waals surface area contributed by atoms with Gasteiger partial charge in [-0.3, -0.25) is 5.32 Å². The molecule has 0 unspecified atom stereocenters. The highest BCUT2D eigenvalue weighted by molar-refractivity contribution is 5.96. The Morgan fingerprint density at radius 3 is 2.31 bits per heavy atom. The lowest BCUT2D eigenvalue weighted by Gasteiger charge is -2.25. The van der Waals surface area contributed by atoms with E-state index in [0.717, 1.165) is 48.2 Å². The predicted molar refractivity (Wildman–Crippen MR) is 119 cm³/mol. The molecule has 5 rings (SSSR count). The molecule has 1 aliphatic carbocycles. The Morgan fingerprint density at radius 2 is 1.69 bits per heavy atom. The first-order valence-electron chi connectivity index (χ1n) is 10.8. The standard InChI is InChI=1S/C24H24N4O4/c29-23(30)21-22(28(14-26-21)15-9-11-25-12-10-15)27-24(31)32-13-20-18-7-3-1-5-16(18)17-6-2-4-8-19(17)20/h1-8,14-15,20,25H,9-13H2,(H,27,31)(H,29,30). The average molecular weight is 432 g/mol. The van der Waals surface area contributed by atoms with Crippen LogP contribution in [-0.4, -0.2) is 46.4 Å². The second-order valence-corrected chi connectivity index (χ2v) is 8.09. The molecule has 2 aromatic carbocycles. The monoisotopic (exact) mass is 432 g/mol. The van der Waals surface area contributed by atoms with Crippen LogP contribution >= 0.6 is 0 Å². The summed E-state index contributed by atoms with van der Waals surface area (Å²) in [6.45, 7) is 1.81. The van der Waals surface area contributed by atoms with E-state index in [0.29, 0.717) is 0 Å². The maximum atomic E-state index is 12.7. The Hall–Kier alpha value is -3.65. The molecule has 3 aromatic rings. The summed E-state index contributed by atoms with van der Waals surface area (Å²) >= 11 is 0. The first-order chi connectivity index (χ1) is 15.6. The fraction of sp³-hybridized carbons (Fsp3) is 0.292. The van der Waals surface area contributed by atoms with Crippen molar-refractivity contribution in [3.63, 3.8) is 0 Å². The number of hydrogen-bond donors (Lipinski definition) is 3. The molecule has 1 aliphatic heterocycles. The minimum atomic E-state index is -1.19. The van der Waals surface area contributed by atoms with Crippen molar-refractivity contribution in [1.29, 1.82) is 0 Å². The van der Waals surface area contributed by atoms with Gasteiger partial charge in [0.25, 0.3) is 0 Å². The molecule has 2 aliphatic rings. The molecule has 0 radical (unpaired) electrons. The van der Waals surface area contributed by atoms with E-state index in [1.54, 1.807) is 4.57 Å². The zero-order valence-corrected chi connectivity index (χ0v) is 17.5. The van der Waals surface area contributed by atoms with E-state index in [9.17, 15) is 14.7 Å². The molecular formula is C24H24N4O4. The van der Waals surface area contributed by atoms with Crippen molar-refractivity contribution in [1.82, 2.24) is 14.9 Å². The second-order valence-electron chi connectivity index (χ2n) is 8.09. The summed E-state index contributed by atoms with van der Waals surface area (Å²) in [6.07, 6.45) is 2.45. The summed E-state index contributed by atoms with van der Waals surface area (Å²) in [7, 11) is 0. The highest BCUT2D eigenvalue weighted by Gasteiger charge is 2.30. The van der Waals surface area contributed by atoms with Gasteiger partial charge in [-0.25, -0.2) is 14.6 Å². The van der Waals surface area contributed by atoms with Crippen molar-refractivity contribution in [2.24, 2.45) is 0 Å². The molecule has 8 heteroatoms. The van der Waals surface area contributed by atoms with Crippen LogP contribution in [0.1, 0.15) is 46.4 Å². The third kappa shape index (κ3) is 3.62. The van der Waals surface area contributed by atoms with Gasteiger partial charge in [0.2, 0.25) is 0 Å². The average Bonchev–Trinajstić information content (AvgIpc) is 3.38. The number of nitrogens with zero attached hydrogens (tertiary/aromatic N) is 2. The van der Waals surface area contributed by atoms with Gasteiger partial charge in [-0.2, -0.15) is 0 Å². The van der Waals surface area contributed by atoms with Crippen LogP contribution < -0.4 is 10.6 Å². The first kappa shape index (κ1) is 20.3. The summed E-state index contributed by atoms with van der Waals surface area (Å²) < 4.78 is 7.34. The Bertz CT molecular complexity index is 1120. The first-order valence-corrected chi connectivity index (χ1v) is 10.8. The molecule has 32 heavy (non-hydrogen) atoms. The zero-order chi connectivity index (χ0) is 22.1. The summed E-state index contributed by atoms with van der Waals surface area (Å²) in [6, 6.07) is 16.3. The van der Waals surface area contributed by atoms with E-state index in [4.69, 9.17) is 4.74 Å². The van der Waals surface area contributed by atoms with E-state index in [-0.39, 0.29) is 30.1 Å². The summed E-state index contributed by atoms with van der Waals surface area (Å²) in [5, 5.41) is 15.5. The van der Waals surface area contributed by atoms with Crippen molar-refractivity contribution < 1.29 is 19.4 Å². The molecule has 3 N–H and O–H groups in total. The van der Waals surface area contributed by atoms with Crippen LogP contribution in [-0.2, 0) is 4.74 Å². The highest BCUT2D eigenvalue weighted by Crippen LogP contribution is 2.44. The number of piperidine rings is 1. The molecule has 1 fully saturated rings. The number of aromatic nitrogens is 2. The number of hydrogen-bond acceptors (Lipinski definition) is 5. The SMILES string of the molecule is O=C(Nc1c(C(=O)O)ncn1C1CCNCC1)OCC1c2ccccc2-c2ccccc21. The fourth-order valence-corrected chi connectivity index (χ4v) is 4.73. The quantitative estimate of drug-likeness (QED) is 0.565. The van der Waals surface area contributed by atoms with E-state index in [1.165, 1.54) is 6.33 Å². The Labute approximate surface area is 185 Å². The van der Waals surface area contributed by atoms with Gasteiger partial charge in [-0.05, 0) is 48.2 Å². The number of carbonyl (C=O) groups excluding carboxylic acids is 1. The fourth-order valence-electron chi connectivity index (χ4n) is 4.73. The van der Waals surface area contributed by atoms with Crippen LogP contribution in [0.15, 0.2) is 54.9 Å². The molecule has 1 aromatic heterocycles. The molecule has 0 atom stereocenters. The number of rotatable bonds is 5. The lowest BCUT2D eigenvalue weighted by atomic mass is 9.98. The Balaban J connectivity index is 1.34. The number of imidazole rings is 1. The topological polar surface area (TPSA) is 105 Å². The number of carboxylic acid groups (broad SMARTS) is 1. The third-order valence-corrected chi connectivity index (χ3v) is 6.26. The normalized spacial score (nSPS) is 15.8. The van der Waals surface area contributed by atoms with Gasteiger partial charge in [0.05, 0.1) is 6.33 Å². The molecule has 0 spiro atoms. The van der Waals surface area contributed by atoms with Crippen molar-refractivity contribution in [3.8, 4) is 11.1 Å². The van der Waals surface area contributed by atoms with Crippen LogP contribution in [0, 0.1) is 0 Å². The predicted octanol–water partition coefficient (Wildman–Crippen LogP) is 3.87. The van der Waals surface area contributed by atoms with Gasteiger partial charge in [0, 0.05) is 12.0 Å². The smallest absolute Gasteiger partial charge is 0.412 e. The van der Waals surface area contributed by atoms with Crippen molar-refractivity contribution in [2.45, 2.75) is 24.8 Å². The van der Waals surface area contributed by atoms with E-state index >= 15 is 0 Å². The molecule has 0 saturated carbocycles. The number of anilines is 1. The molecule has 1 saturated heterocycles. The zero-order valence-electron chi connectivity index (χ0n) is 17.5. The van der Waals surface area contributed by atoms with Crippen LogP contribution in [0.25, 0.3) is 11.1 Å². The van der Waals surface area contributed by atoms with Gasteiger partial charge in [-0.1, -0.05) is 48.5 Å². The van der Waals surface area contributed by atoms with Crippen molar-refractivity contribution in [3.05, 3.63) is 71.7 Å². The summed E-state index contributed by atoms with van der Waals surface area (Å²) in [5.74, 6) is -1.09. The number of aromatic carboxylic acids is 1. The summed E-state index contributed by atoms with van der Waals surface area (Å²) in [5.41, 5.74) is 4.35. The molecule has 0 bridgehead atoms. The number of carboxylic acids is 1. The number of nitrogens with one attached hydrogen (secondary N) is 2. The number of amides is 1. The lowest BCUT2D eigenvalue weighted by molar-refractivity contribution is 0.0692. The Morgan fingerprint density at radius 1 is 1.06 bits per heavy atom.